The number of ketones is 1. The number of hydrogen-bond acceptors (Lipinski definition) is 3. The highest BCUT2D eigenvalue weighted by Crippen LogP contribution is 2.42. The molecule has 5 nitrogen and oxygen atoms in total. The molecule has 1 atom stereocenters. The fourth-order valence-electron chi connectivity index (χ4n) is 4.13. The number of rotatable bonds is 5. The number of hydrogen-bond donors (Lipinski definition) is 2. The topological polar surface area (TPSA) is 73.4 Å². The lowest BCUT2D eigenvalue weighted by Crippen LogP contribution is -2.30. The molecule has 0 spiro atoms. The summed E-state index contributed by atoms with van der Waals surface area (Å²) in [6.07, 6.45) is 3.53. The van der Waals surface area contributed by atoms with E-state index in [0.717, 1.165) is 40.4 Å². The third-order valence-electron chi connectivity index (χ3n) is 5.99. The van der Waals surface area contributed by atoms with Crippen molar-refractivity contribution in [1.29, 1.82) is 0 Å². The second kappa shape index (κ2) is 7.82. The van der Waals surface area contributed by atoms with Crippen LogP contribution in [-0.2, 0) is 9.59 Å². The third-order valence-corrected chi connectivity index (χ3v) is 5.99. The van der Waals surface area contributed by atoms with Gasteiger partial charge in [-0.3, -0.25) is 9.59 Å². The Balaban J connectivity index is 1.93. The fourth-order valence-corrected chi connectivity index (χ4v) is 4.13. The maximum Gasteiger partial charge on any atom is 0.295 e. The molecule has 154 valence electrons. The summed E-state index contributed by atoms with van der Waals surface area (Å²) < 4.78 is 0. The largest absolute Gasteiger partial charge is 0.507 e. The quantitative estimate of drug-likeness (QED) is 0.358. The number of aryl methyl sites for hydroxylation is 2. The van der Waals surface area contributed by atoms with Crippen LogP contribution >= 0.6 is 0 Å². The lowest BCUT2D eigenvalue weighted by molar-refractivity contribution is -0.139. The van der Waals surface area contributed by atoms with E-state index in [0.29, 0.717) is 12.1 Å². The number of aliphatic hydroxyl groups excluding tert-OH is 1. The van der Waals surface area contributed by atoms with Crippen molar-refractivity contribution in [2.75, 3.05) is 6.54 Å². The maximum absolute atomic E-state index is 13.1. The molecule has 0 saturated carbocycles. The molecule has 5 heteroatoms. The van der Waals surface area contributed by atoms with Crippen LogP contribution in [0, 0.1) is 13.8 Å². The van der Waals surface area contributed by atoms with Crippen LogP contribution in [0.15, 0.2) is 54.2 Å². The van der Waals surface area contributed by atoms with Gasteiger partial charge >= 0.3 is 0 Å². The number of nitrogens with one attached hydrogen (secondary N) is 1. The van der Waals surface area contributed by atoms with Crippen LogP contribution in [0.2, 0.25) is 0 Å². The van der Waals surface area contributed by atoms with Crippen molar-refractivity contribution in [2.24, 2.45) is 0 Å². The predicted molar refractivity (Wildman–Crippen MR) is 118 cm³/mol. The van der Waals surface area contributed by atoms with Gasteiger partial charge in [-0.05, 0) is 43.5 Å². The van der Waals surface area contributed by atoms with Crippen LogP contribution in [0.25, 0.3) is 16.7 Å². The predicted octanol–water partition coefficient (Wildman–Crippen LogP) is 5.01. The maximum atomic E-state index is 13.1. The zero-order valence-corrected chi connectivity index (χ0v) is 17.5. The van der Waals surface area contributed by atoms with Crippen LogP contribution in [0.5, 0.6) is 0 Å². The number of H-pyrrole nitrogens is 1. The number of fused-ring (bicyclic) bond motifs is 1. The third kappa shape index (κ3) is 3.20. The Kier molecular flexibility index (Phi) is 5.20. The Hall–Kier alpha value is -3.34. The Bertz CT molecular complexity index is 1170. The Morgan fingerprint density at radius 2 is 1.87 bits per heavy atom. The first-order valence-electron chi connectivity index (χ1n) is 10.4. The molecule has 2 aromatic carbocycles. The highest BCUT2D eigenvalue weighted by Gasteiger charge is 2.46. The summed E-state index contributed by atoms with van der Waals surface area (Å²) >= 11 is 0. The van der Waals surface area contributed by atoms with Crippen LogP contribution in [0.4, 0.5) is 0 Å². The van der Waals surface area contributed by atoms with Gasteiger partial charge in [0.05, 0.1) is 11.6 Å². The van der Waals surface area contributed by atoms with Gasteiger partial charge in [0.15, 0.2) is 0 Å². The number of likely N-dealkylation sites (tertiary alicyclic amines) is 1. The normalized spacial score (nSPS) is 18.5. The van der Waals surface area contributed by atoms with E-state index in [1.165, 1.54) is 0 Å². The smallest absolute Gasteiger partial charge is 0.295 e. The van der Waals surface area contributed by atoms with Crippen LogP contribution in [0.3, 0.4) is 0 Å². The van der Waals surface area contributed by atoms with E-state index in [-0.39, 0.29) is 11.3 Å². The number of aromatic amines is 1. The van der Waals surface area contributed by atoms with Crippen molar-refractivity contribution >= 4 is 28.4 Å². The summed E-state index contributed by atoms with van der Waals surface area (Å²) in [6, 6.07) is 12.7. The molecule has 4 rings (SSSR count). The van der Waals surface area contributed by atoms with Crippen molar-refractivity contribution in [3.05, 3.63) is 76.5 Å². The van der Waals surface area contributed by atoms with E-state index in [1.54, 1.807) is 11.0 Å². The molecule has 1 aliphatic heterocycles. The zero-order chi connectivity index (χ0) is 21.4. The summed E-state index contributed by atoms with van der Waals surface area (Å²) in [7, 11) is 0. The number of Topliss-reactive ketones (excluding diaryl/α,β-unsaturated/α-hetero) is 1. The standard InChI is InChI=1S/C25H26N2O3/c1-4-5-12-27-22(19-14-26-20-9-7-6-8-18(19)20)21(24(29)25(27)30)23(28)17-11-10-15(2)16(3)13-17/h6-11,13-14,22,26,28H,4-5,12H2,1-3H3/b23-21+. The van der Waals surface area contributed by atoms with Crippen molar-refractivity contribution in [1.82, 2.24) is 9.88 Å². The number of benzene rings is 2. The average molecular weight is 402 g/mol. The van der Waals surface area contributed by atoms with Gasteiger partial charge < -0.3 is 15.0 Å². The number of amides is 1. The van der Waals surface area contributed by atoms with Crippen LogP contribution < -0.4 is 0 Å². The minimum Gasteiger partial charge on any atom is -0.507 e. The highest BCUT2D eigenvalue weighted by atomic mass is 16.3. The second-order valence-corrected chi connectivity index (χ2v) is 7.93. The Morgan fingerprint density at radius 3 is 2.60 bits per heavy atom. The van der Waals surface area contributed by atoms with Gasteiger partial charge in [-0.2, -0.15) is 0 Å². The van der Waals surface area contributed by atoms with E-state index < -0.39 is 17.7 Å². The number of carbonyl (C=O) groups excluding carboxylic acids is 2. The summed E-state index contributed by atoms with van der Waals surface area (Å²) in [6.45, 7) is 6.47. The van der Waals surface area contributed by atoms with E-state index in [9.17, 15) is 14.7 Å². The van der Waals surface area contributed by atoms with Crippen LogP contribution in [0.1, 0.15) is 48.1 Å². The number of nitrogens with zero attached hydrogens (tertiary/aromatic N) is 1. The molecule has 0 radical (unpaired) electrons. The average Bonchev–Trinajstić information content (AvgIpc) is 3.27. The second-order valence-electron chi connectivity index (χ2n) is 7.93. The molecule has 0 aliphatic carbocycles. The molecule has 1 saturated heterocycles. The minimum absolute atomic E-state index is 0.120. The molecule has 3 aromatic rings. The molecule has 0 bridgehead atoms. The number of para-hydroxylation sites is 1. The van der Waals surface area contributed by atoms with E-state index in [1.807, 2.05) is 63.4 Å². The first-order valence-corrected chi connectivity index (χ1v) is 10.4. The lowest BCUT2D eigenvalue weighted by Gasteiger charge is -2.24. The molecule has 30 heavy (non-hydrogen) atoms. The van der Waals surface area contributed by atoms with Crippen molar-refractivity contribution in [3.8, 4) is 0 Å². The first-order chi connectivity index (χ1) is 14.4. The van der Waals surface area contributed by atoms with Gasteiger partial charge in [0.25, 0.3) is 11.7 Å². The van der Waals surface area contributed by atoms with Gasteiger partial charge in [0.1, 0.15) is 5.76 Å². The zero-order valence-electron chi connectivity index (χ0n) is 17.5. The molecular weight excluding hydrogens is 376 g/mol. The molecule has 1 fully saturated rings. The number of unbranched alkanes of at least 4 members (excludes halogenated alkanes) is 1. The van der Waals surface area contributed by atoms with Crippen molar-refractivity contribution in [2.45, 2.75) is 39.7 Å². The molecular formula is C25H26N2O3. The van der Waals surface area contributed by atoms with Gasteiger partial charge in [-0.25, -0.2) is 0 Å². The molecule has 1 aliphatic rings. The lowest BCUT2D eigenvalue weighted by atomic mass is 9.94. The number of aliphatic hydroxyl groups is 1. The van der Waals surface area contributed by atoms with E-state index in [2.05, 4.69) is 4.98 Å². The first kappa shape index (κ1) is 20.0. The van der Waals surface area contributed by atoms with Gasteiger partial charge in [0.2, 0.25) is 0 Å². The van der Waals surface area contributed by atoms with Crippen LogP contribution in [-0.4, -0.2) is 33.2 Å². The van der Waals surface area contributed by atoms with Gasteiger partial charge in [-0.15, -0.1) is 0 Å². The summed E-state index contributed by atoms with van der Waals surface area (Å²) in [5, 5.41) is 12.1. The summed E-state index contributed by atoms with van der Waals surface area (Å²) in [5.41, 5.74) is 4.58. The number of carbonyl (C=O) groups is 2. The number of aromatic nitrogens is 1. The monoisotopic (exact) mass is 402 g/mol. The molecule has 2 heterocycles. The SMILES string of the molecule is CCCCN1C(=O)C(=O)/C(=C(/O)c2ccc(C)c(C)c2)C1c1c[nH]c2ccccc12. The molecule has 2 N–H and O–H groups in total. The fraction of sp³-hybridized carbons (Fsp3) is 0.280. The molecule has 1 unspecified atom stereocenters. The molecule has 1 aromatic heterocycles. The van der Waals surface area contributed by atoms with Crippen molar-refractivity contribution in [3.63, 3.8) is 0 Å². The Labute approximate surface area is 176 Å². The van der Waals surface area contributed by atoms with Gasteiger partial charge in [0, 0.05) is 34.8 Å². The van der Waals surface area contributed by atoms with Gasteiger partial charge in [-0.1, -0.05) is 43.7 Å². The highest BCUT2D eigenvalue weighted by molar-refractivity contribution is 6.46. The summed E-state index contributed by atoms with van der Waals surface area (Å²) in [5.74, 6) is -1.30. The molecule has 1 amide bonds. The minimum atomic E-state index is -0.628. The van der Waals surface area contributed by atoms with E-state index in [4.69, 9.17) is 0 Å². The van der Waals surface area contributed by atoms with Crippen molar-refractivity contribution < 1.29 is 14.7 Å². The van der Waals surface area contributed by atoms with E-state index >= 15 is 0 Å². The summed E-state index contributed by atoms with van der Waals surface area (Å²) in [4.78, 5) is 30.8. The Morgan fingerprint density at radius 1 is 1.10 bits per heavy atom.